The second-order valence-corrected chi connectivity index (χ2v) is 9.65. The Bertz CT molecular complexity index is 1380. The lowest BCUT2D eigenvalue weighted by Crippen LogP contribution is -2.53. The summed E-state index contributed by atoms with van der Waals surface area (Å²) in [6, 6.07) is 28.7. The maximum absolute atomic E-state index is 13.8. The fourth-order valence-corrected chi connectivity index (χ4v) is 5.09. The van der Waals surface area contributed by atoms with Gasteiger partial charge in [-0.25, -0.2) is 0 Å². The third-order valence-electron chi connectivity index (χ3n) is 7.42. The lowest BCUT2D eigenvalue weighted by molar-refractivity contribution is -0.129. The zero-order valence-electron chi connectivity index (χ0n) is 21.6. The number of carbonyl (C=O) groups is 2. The van der Waals surface area contributed by atoms with Crippen molar-refractivity contribution in [2.75, 3.05) is 20.2 Å². The van der Waals surface area contributed by atoms with E-state index in [1.54, 1.807) is 18.1 Å². The van der Waals surface area contributed by atoms with E-state index in [-0.39, 0.29) is 23.6 Å². The Morgan fingerprint density at radius 3 is 2.21 bits per heavy atom. The summed E-state index contributed by atoms with van der Waals surface area (Å²) in [5.41, 5.74) is 2.71. The standard InChI is InChI=1S/C31H31N3O4/c1-22(23-9-5-3-6-10-23)32-30(36)31(25-11-7-4-8-12-25)17-19-34(20-18-31)29(35)28-21-27(33-38-28)24-13-15-26(37-2)16-14-24/h3-16,21-22H,17-20H2,1-2H3,(H,32,36)/t22-/m0/s1. The second kappa shape index (κ2) is 10.9. The first kappa shape index (κ1) is 25.3. The minimum absolute atomic E-state index is 0.0198. The summed E-state index contributed by atoms with van der Waals surface area (Å²) in [6.07, 6.45) is 1.02. The lowest BCUT2D eigenvalue weighted by Gasteiger charge is -2.41. The molecule has 1 aliphatic heterocycles. The molecule has 0 aliphatic carbocycles. The van der Waals surface area contributed by atoms with Crippen LogP contribution in [0.3, 0.4) is 0 Å². The van der Waals surface area contributed by atoms with Crippen LogP contribution in [0, 0.1) is 0 Å². The van der Waals surface area contributed by atoms with Crippen LogP contribution in [0.2, 0.25) is 0 Å². The highest BCUT2D eigenvalue weighted by atomic mass is 16.5. The maximum Gasteiger partial charge on any atom is 0.292 e. The van der Waals surface area contributed by atoms with Crippen LogP contribution in [0.5, 0.6) is 5.75 Å². The van der Waals surface area contributed by atoms with Crippen molar-refractivity contribution in [1.29, 1.82) is 0 Å². The molecule has 0 unspecified atom stereocenters. The van der Waals surface area contributed by atoms with E-state index in [0.717, 1.165) is 22.4 Å². The molecule has 7 nitrogen and oxygen atoms in total. The fraction of sp³-hybridized carbons (Fsp3) is 0.258. The molecule has 4 aromatic rings. The highest BCUT2D eigenvalue weighted by molar-refractivity contribution is 5.93. The van der Waals surface area contributed by atoms with Crippen LogP contribution in [0.1, 0.15) is 47.5 Å². The second-order valence-electron chi connectivity index (χ2n) is 9.65. The highest BCUT2D eigenvalue weighted by Gasteiger charge is 2.44. The number of hydrogen-bond donors (Lipinski definition) is 1. The number of likely N-dealkylation sites (tertiary alicyclic amines) is 1. The molecule has 1 aromatic heterocycles. The van der Waals surface area contributed by atoms with E-state index in [2.05, 4.69) is 10.5 Å². The monoisotopic (exact) mass is 509 g/mol. The zero-order valence-corrected chi connectivity index (χ0v) is 21.6. The van der Waals surface area contributed by atoms with Gasteiger partial charge < -0.3 is 19.5 Å². The summed E-state index contributed by atoms with van der Waals surface area (Å²) in [7, 11) is 1.61. The number of nitrogens with zero attached hydrogens (tertiary/aromatic N) is 2. The number of ether oxygens (including phenoxy) is 1. The van der Waals surface area contributed by atoms with Gasteiger partial charge in [-0.2, -0.15) is 0 Å². The molecular formula is C31H31N3O4. The molecule has 0 radical (unpaired) electrons. The van der Waals surface area contributed by atoms with Gasteiger partial charge in [0.2, 0.25) is 11.7 Å². The molecule has 1 saturated heterocycles. The summed E-state index contributed by atoms with van der Waals surface area (Å²) in [6.45, 7) is 2.85. The molecule has 2 amide bonds. The Labute approximate surface area is 222 Å². The van der Waals surface area contributed by atoms with Crippen LogP contribution in [0.25, 0.3) is 11.3 Å². The minimum Gasteiger partial charge on any atom is -0.497 e. The first-order chi connectivity index (χ1) is 18.5. The highest BCUT2D eigenvalue weighted by Crippen LogP contribution is 2.37. The summed E-state index contributed by atoms with van der Waals surface area (Å²) in [5.74, 6) is 0.682. The number of methoxy groups -OCH3 is 1. The normalized spacial score (nSPS) is 15.5. The minimum atomic E-state index is -0.725. The van der Waals surface area contributed by atoms with E-state index in [0.29, 0.717) is 31.6 Å². The third kappa shape index (κ3) is 5.05. The third-order valence-corrected chi connectivity index (χ3v) is 7.42. The van der Waals surface area contributed by atoms with Crippen LogP contribution >= 0.6 is 0 Å². The number of aromatic nitrogens is 1. The average Bonchev–Trinajstić information content (AvgIpc) is 3.48. The predicted octanol–water partition coefficient (Wildman–Crippen LogP) is 5.40. The van der Waals surface area contributed by atoms with Gasteiger partial charge in [-0.05, 0) is 55.2 Å². The van der Waals surface area contributed by atoms with Crippen molar-refractivity contribution in [2.45, 2.75) is 31.2 Å². The van der Waals surface area contributed by atoms with E-state index < -0.39 is 5.41 Å². The molecule has 3 aromatic carbocycles. The van der Waals surface area contributed by atoms with E-state index in [1.165, 1.54) is 0 Å². The first-order valence-corrected chi connectivity index (χ1v) is 12.8. The summed E-state index contributed by atoms with van der Waals surface area (Å²) < 4.78 is 10.6. The van der Waals surface area contributed by atoms with Crippen molar-refractivity contribution >= 4 is 11.8 Å². The smallest absolute Gasteiger partial charge is 0.292 e. The van der Waals surface area contributed by atoms with Gasteiger partial charge in [0.25, 0.3) is 5.91 Å². The predicted molar refractivity (Wildman–Crippen MR) is 145 cm³/mol. The Morgan fingerprint density at radius 1 is 0.947 bits per heavy atom. The van der Waals surface area contributed by atoms with Gasteiger partial charge in [-0.3, -0.25) is 9.59 Å². The van der Waals surface area contributed by atoms with Crippen LogP contribution in [0.4, 0.5) is 0 Å². The summed E-state index contributed by atoms with van der Waals surface area (Å²) in [4.78, 5) is 28.8. The number of hydrogen-bond acceptors (Lipinski definition) is 5. The number of rotatable bonds is 7. The van der Waals surface area contributed by atoms with Crippen molar-refractivity contribution in [1.82, 2.24) is 15.4 Å². The number of nitrogens with one attached hydrogen (secondary N) is 1. The van der Waals surface area contributed by atoms with E-state index in [4.69, 9.17) is 9.26 Å². The van der Waals surface area contributed by atoms with E-state index in [9.17, 15) is 9.59 Å². The van der Waals surface area contributed by atoms with Crippen LogP contribution in [0.15, 0.2) is 95.5 Å². The Kier molecular flexibility index (Phi) is 7.26. The van der Waals surface area contributed by atoms with Crippen LogP contribution < -0.4 is 10.1 Å². The quantitative estimate of drug-likeness (QED) is 0.361. The van der Waals surface area contributed by atoms with Gasteiger partial charge in [0.1, 0.15) is 11.4 Å². The van der Waals surface area contributed by atoms with Crippen LogP contribution in [-0.2, 0) is 10.2 Å². The van der Waals surface area contributed by atoms with Gasteiger partial charge in [-0.15, -0.1) is 0 Å². The molecular weight excluding hydrogens is 478 g/mol. The van der Waals surface area contributed by atoms with Crippen molar-refractivity contribution in [2.24, 2.45) is 0 Å². The van der Waals surface area contributed by atoms with E-state index in [1.807, 2.05) is 91.9 Å². The fourth-order valence-electron chi connectivity index (χ4n) is 5.09. The molecule has 1 aliphatic rings. The lowest BCUT2D eigenvalue weighted by atomic mass is 9.71. The molecule has 2 heterocycles. The summed E-state index contributed by atoms with van der Waals surface area (Å²) >= 11 is 0. The van der Waals surface area contributed by atoms with Gasteiger partial charge in [0.05, 0.1) is 18.6 Å². The number of amides is 2. The van der Waals surface area contributed by atoms with Gasteiger partial charge in [0.15, 0.2) is 0 Å². The SMILES string of the molecule is COc1ccc(-c2cc(C(=O)N3CCC(C(=O)N[C@@H](C)c4ccccc4)(c4ccccc4)CC3)on2)cc1. The van der Waals surface area contributed by atoms with Crippen molar-refractivity contribution < 1.29 is 18.8 Å². The molecule has 0 bridgehead atoms. The molecule has 194 valence electrons. The molecule has 0 saturated carbocycles. The van der Waals surface area contributed by atoms with Gasteiger partial charge >= 0.3 is 0 Å². The first-order valence-electron chi connectivity index (χ1n) is 12.8. The maximum atomic E-state index is 13.8. The molecule has 1 atom stereocenters. The molecule has 1 N–H and O–H groups in total. The largest absolute Gasteiger partial charge is 0.497 e. The Morgan fingerprint density at radius 2 is 1.58 bits per heavy atom. The molecule has 5 rings (SSSR count). The van der Waals surface area contributed by atoms with Gasteiger partial charge in [0, 0.05) is 24.7 Å². The molecule has 0 spiro atoms. The molecule has 38 heavy (non-hydrogen) atoms. The van der Waals surface area contributed by atoms with Crippen molar-refractivity contribution in [3.8, 4) is 17.0 Å². The van der Waals surface area contributed by atoms with Crippen molar-refractivity contribution in [3.63, 3.8) is 0 Å². The summed E-state index contributed by atoms with van der Waals surface area (Å²) in [5, 5.41) is 7.33. The number of benzene rings is 3. The van der Waals surface area contributed by atoms with Gasteiger partial charge in [-0.1, -0.05) is 65.8 Å². The molecule has 7 heteroatoms. The Hall–Kier alpha value is -4.39. The Balaban J connectivity index is 1.31. The topological polar surface area (TPSA) is 84.7 Å². The average molecular weight is 510 g/mol. The number of carbonyl (C=O) groups excluding carboxylic acids is 2. The molecule has 1 fully saturated rings. The van der Waals surface area contributed by atoms with Crippen LogP contribution in [-0.4, -0.2) is 42.1 Å². The van der Waals surface area contributed by atoms with E-state index >= 15 is 0 Å². The number of piperidine rings is 1. The zero-order chi connectivity index (χ0) is 26.5. The van der Waals surface area contributed by atoms with Crippen molar-refractivity contribution in [3.05, 3.63) is 108 Å².